The number of aliphatic hydroxyl groups excluding tert-OH is 7. The molecule has 0 saturated carbocycles. The molecule has 7 N–H and O–H groups in total. The Labute approximate surface area is 414 Å². The summed E-state index contributed by atoms with van der Waals surface area (Å²) in [5.74, 6) is -0.958. The van der Waals surface area contributed by atoms with E-state index in [0.717, 1.165) is 64.2 Å². The van der Waals surface area contributed by atoms with E-state index in [1.807, 2.05) is 0 Å². The number of unbranched alkanes of at least 4 members (excludes halogenated alkanes) is 19. The van der Waals surface area contributed by atoms with Crippen LogP contribution in [0.2, 0.25) is 0 Å². The Morgan fingerprint density at radius 2 is 0.870 bits per heavy atom. The molecular formula is C54H94O15. The fourth-order valence-electron chi connectivity index (χ4n) is 8.14. The zero-order valence-electron chi connectivity index (χ0n) is 42.3. The van der Waals surface area contributed by atoms with Crippen LogP contribution < -0.4 is 0 Å². The smallest absolute Gasteiger partial charge is 0.306 e. The van der Waals surface area contributed by atoms with Crippen LogP contribution in [0.25, 0.3) is 0 Å². The molecule has 0 spiro atoms. The van der Waals surface area contributed by atoms with E-state index in [4.69, 9.17) is 28.4 Å². The molecule has 0 amide bonds. The summed E-state index contributed by atoms with van der Waals surface area (Å²) < 4.78 is 33.6. The zero-order chi connectivity index (χ0) is 50.3. The summed E-state index contributed by atoms with van der Waals surface area (Å²) >= 11 is 0. The molecule has 2 heterocycles. The summed E-state index contributed by atoms with van der Waals surface area (Å²) in [4.78, 5) is 25.8. The van der Waals surface area contributed by atoms with Crippen molar-refractivity contribution in [3.8, 4) is 0 Å². The zero-order valence-corrected chi connectivity index (χ0v) is 42.3. The number of allylic oxidation sites excluding steroid dienone is 8. The number of carbonyl (C=O) groups excluding carboxylic acids is 2. The van der Waals surface area contributed by atoms with Crippen LogP contribution in [0.3, 0.4) is 0 Å². The molecule has 0 aromatic carbocycles. The Hall–Kier alpha value is -2.54. The average Bonchev–Trinajstić information content (AvgIpc) is 3.34. The van der Waals surface area contributed by atoms with Crippen LogP contribution in [-0.4, -0.2) is 142 Å². The number of hydrogen-bond donors (Lipinski definition) is 7. The lowest BCUT2D eigenvalue weighted by molar-refractivity contribution is -0.332. The minimum atomic E-state index is -1.77. The highest BCUT2D eigenvalue weighted by Crippen LogP contribution is 2.26. The monoisotopic (exact) mass is 983 g/mol. The highest BCUT2D eigenvalue weighted by molar-refractivity contribution is 5.70. The van der Waals surface area contributed by atoms with Crippen LogP contribution >= 0.6 is 0 Å². The number of rotatable bonds is 41. The fourth-order valence-corrected chi connectivity index (χ4v) is 8.14. The third kappa shape index (κ3) is 28.9. The van der Waals surface area contributed by atoms with Gasteiger partial charge in [0.2, 0.25) is 0 Å². The molecule has 15 heteroatoms. The van der Waals surface area contributed by atoms with Crippen molar-refractivity contribution >= 4 is 11.9 Å². The van der Waals surface area contributed by atoms with E-state index in [1.54, 1.807) is 0 Å². The molecule has 2 fully saturated rings. The van der Waals surface area contributed by atoms with E-state index in [1.165, 1.54) is 83.5 Å². The Balaban J connectivity index is 1.81. The summed E-state index contributed by atoms with van der Waals surface area (Å²) in [6.07, 6.45) is 28.5. The van der Waals surface area contributed by atoms with Crippen LogP contribution in [0, 0.1) is 0 Å². The lowest BCUT2D eigenvalue weighted by Gasteiger charge is -2.42. The van der Waals surface area contributed by atoms with Gasteiger partial charge < -0.3 is 64.2 Å². The minimum Gasteiger partial charge on any atom is -0.462 e. The van der Waals surface area contributed by atoms with Crippen molar-refractivity contribution in [3.05, 3.63) is 48.6 Å². The SMILES string of the molecule is CCCCC/C=C/C/C=C/C/C=C/C/C=C/CCCCCC(=O)OC[C@@H](CO[C@@H]1O[C@H](CO[C@@H]2O[C@H](CO)[C@H](O)C(O)C2O)[C@H](O)C(O)C1O)OC(=O)CCCCCCCCCCCCCCCC. The summed E-state index contributed by atoms with van der Waals surface area (Å²) in [6.45, 7) is 2.53. The first kappa shape index (κ1) is 62.6. The molecule has 0 aromatic heterocycles. The molecule has 4 unspecified atom stereocenters. The van der Waals surface area contributed by atoms with Crippen LogP contribution in [0.15, 0.2) is 48.6 Å². The van der Waals surface area contributed by atoms with Gasteiger partial charge in [-0.05, 0) is 57.8 Å². The molecular weight excluding hydrogens is 889 g/mol. The third-order valence-electron chi connectivity index (χ3n) is 12.6. The van der Waals surface area contributed by atoms with Gasteiger partial charge in [-0.3, -0.25) is 9.59 Å². The van der Waals surface area contributed by atoms with Crippen LogP contribution in [0.1, 0.15) is 187 Å². The van der Waals surface area contributed by atoms with E-state index in [9.17, 15) is 45.3 Å². The van der Waals surface area contributed by atoms with E-state index in [0.29, 0.717) is 12.8 Å². The largest absolute Gasteiger partial charge is 0.462 e. The number of aliphatic hydroxyl groups is 7. The molecule has 0 bridgehead atoms. The van der Waals surface area contributed by atoms with Crippen LogP contribution in [0.5, 0.6) is 0 Å². The van der Waals surface area contributed by atoms with Gasteiger partial charge >= 0.3 is 11.9 Å². The highest BCUT2D eigenvalue weighted by atomic mass is 16.7. The fraction of sp³-hybridized carbons (Fsp3) is 0.815. The summed E-state index contributed by atoms with van der Waals surface area (Å²) in [6, 6.07) is 0. The predicted molar refractivity (Wildman–Crippen MR) is 266 cm³/mol. The maximum absolute atomic E-state index is 13.0. The number of hydrogen-bond acceptors (Lipinski definition) is 15. The molecule has 2 saturated heterocycles. The predicted octanol–water partition coefficient (Wildman–Crippen LogP) is 7.88. The van der Waals surface area contributed by atoms with Gasteiger partial charge in [0.15, 0.2) is 18.7 Å². The van der Waals surface area contributed by atoms with E-state index in [-0.39, 0.29) is 19.4 Å². The highest BCUT2D eigenvalue weighted by Gasteiger charge is 2.47. The second kappa shape index (κ2) is 41.0. The lowest BCUT2D eigenvalue weighted by Crippen LogP contribution is -2.61. The standard InChI is InChI=1S/C54H94O15/c1-3-5-7-9-11-13-15-17-19-20-21-22-23-25-26-28-30-32-34-36-45(56)64-39-42(67-46(57)37-35-33-31-29-27-24-18-16-14-12-10-8-6-4-2)40-65-53-52(63)50(61)48(59)44(69-53)41-66-54-51(62)49(60)47(58)43(38-55)68-54/h11,13,17,19,21-22,25-26,42-44,47-55,58-63H,3-10,12,14-16,18,20,23-24,27-41H2,1-2H3/b13-11+,19-17+,22-21+,26-25+/t42-,43+,44+,47-,48-,49?,50?,51?,52?,53+,54+/m0/s1. The Morgan fingerprint density at radius 1 is 0.464 bits per heavy atom. The minimum absolute atomic E-state index is 0.159. The topological polar surface area (TPSA) is 231 Å². The van der Waals surface area contributed by atoms with Gasteiger partial charge in [-0.25, -0.2) is 0 Å². The molecule has 2 rings (SSSR count). The number of carbonyl (C=O) groups is 2. The van der Waals surface area contributed by atoms with Crippen LogP contribution in [-0.2, 0) is 38.0 Å². The molecule has 69 heavy (non-hydrogen) atoms. The van der Waals surface area contributed by atoms with Gasteiger partial charge in [0.05, 0.1) is 19.8 Å². The molecule has 0 aromatic rings. The summed E-state index contributed by atoms with van der Waals surface area (Å²) in [5.41, 5.74) is 0. The Morgan fingerprint density at radius 3 is 1.39 bits per heavy atom. The molecule has 400 valence electrons. The van der Waals surface area contributed by atoms with E-state index < -0.39 is 99.3 Å². The van der Waals surface area contributed by atoms with E-state index in [2.05, 4.69) is 62.5 Å². The Kier molecular flexibility index (Phi) is 37.2. The number of ether oxygens (including phenoxy) is 6. The molecule has 0 radical (unpaired) electrons. The third-order valence-corrected chi connectivity index (χ3v) is 12.6. The molecule has 15 nitrogen and oxygen atoms in total. The van der Waals surface area contributed by atoms with Crippen molar-refractivity contribution in [2.45, 2.75) is 255 Å². The van der Waals surface area contributed by atoms with E-state index >= 15 is 0 Å². The van der Waals surface area contributed by atoms with Crippen molar-refractivity contribution in [2.75, 3.05) is 26.4 Å². The summed E-state index contributed by atoms with van der Waals surface area (Å²) in [7, 11) is 0. The van der Waals surface area contributed by atoms with Crippen molar-refractivity contribution in [3.63, 3.8) is 0 Å². The molecule has 11 atom stereocenters. The van der Waals surface area contributed by atoms with Crippen LogP contribution in [0.4, 0.5) is 0 Å². The van der Waals surface area contributed by atoms with Crippen molar-refractivity contribution < 1.29 is 73.8 Å². The second-order valence-electron chi connectivity index (χ2n) is 18.7. The first-order chi connectivity index (χ1) is 33.5. The maximum atomic E-state index is 13.0. The van der Waals surface area contributed by atoms with Gasteiger partial charge in [-0.15, -0.1) is 0 Å². The van der Waals surface area contributed by atoms with Gasteiger partial charge in [0.25, 0.3) is 0 Å². The first-order valence-electron chi connectivity index (χ1n) is 26.7. The normalized spacial score (nSPS) is 25.9. The average molecular weight is 983 g/mol. The molecule has 0 aliphatic carbocycles. The number of esters is 2. The molecule has 2 aliphatic heterocycles. The van der Waals surface area contributed by atoms with Gasteiger partial charge in [0.1, 0.15) is 55.4 Å². The first-order valence-corrected chi connectivity index (χ1v) is 26.7. The van der Waals surface area contributed by atoms with Gasteiger partial charge in [0, 0.05) is 12.8 Å². The van der Waals surface area contributed by atoms with Crippen molar-refractivity contribution in [2.24, 2.45) is 0 Å². The Bertz CT molecular complexity index is 1390. The maximum Gasteiger partial charge on any atom is 0.306 e. The van der Waals surface area contributed by atoms with Gasteiger partial charge in [-0.1, -0.05) is 165 Å². The molecule has 2 aliphatic rings. The van der Waals surface area contributed by atoms with Crippen molar-refractivity contribution in [1.29, 1.82) is 0 Å². The van der Waals surface area contributed by atoms with Gasteiger partial charge in [-0.2, -0.15) is 0 Å². The lowest BCUT2D eigenvalue weighted by atomic mass is 9.98. The summed E-state index contributed by atoms with van der Waals surface area (Å²) in [5, 5.41) is 72.1. The van der Waals surface area contributed by atoms with Crippen molar-refractivity contribution in [1.82, 2.24) is 0 Å². The quantitative estimate of drug-likeness (QED) is 0.0176. The second-order valence-corrected chi connectivity index (χ2v) is 18.7.